The molecule has 1 heterocycles. The molecule has 1 saturated carbocycles. The van der Waals surface area contributed by atoms with Crippen LogP contribution in [0.4, 0.5) is 5.69 Å². The molecule has 0 aromatic heterocycles. The predicted molar refractivity (Wildman–Crippen MR) is 170 cm³/mol. The number of anilines is 1. The molecule has 1 aliphatic heterocycles. The first-order valence-electron chi connectivity index (χ1n) is 15.7. The molecule has 2 aromatic rings. The van der Waals surface area contributed by atoms with Crippen LogP contribution in [-0.2, 0) is 20.7 Å². The monoisotopic (exact) mass is 608 g/mol. The standard InChI is InChI=1S/C34H48N4O6/c1-23(2)37(34(41)26-10-13-31(43-5)32(18-26)44-15-7-14-42-4)21-27-19-35-20-28(27)22-38(30-11-12-30)33(40)17-25-8-6-9-29(16-25)36-24(3)39/h6,8-10,13,16,18,23,27-28,30,35H,7,11-12,14-15,17,19-22H2,1-5H3,(H,36,39)/t27-,28-/m0/s1. The van der Waals surface area contributed by atoms with E-state index in [0.717, 1.165) is 37.9 Å². The molecule has 240 valence electrons. The van der Waals surface area contributed by atoms with Crippen LogP contribution in [0.2, 0.25) is 0 Å². The van der Waals surface area contributed by atoms with Crippen molar-refractivity contribution in [3.8, 4) is 11.5 Å². The average molecular weight is 609 g/mol. The maximum atomic E-state index is 13.9. The van der Waals surface area contributed by atoms with Gasteiger partial charge >= 0.3 is 0 Å². The maximum absolute atomic E-state index is 13.9. The van der Waals surface area contributed by atoms with Gasteiger partial charge in [-0.1, -0.05) is 12.1 Å². The van der Waals surface area contributed by atoms with E-state index in [9.17, 15) is 14.4 Å². The lowest BCUT2D eigenvalue weighted by Crippen LogP contribution is -2.45. The molecule has 1 aliphatic carbocycles. The van der Waals surface area contributed by atoms with E-state index in [1.54, 1.807) is 32.4 Å². The van der Waals surface area contributed by atoms with Gasteiger partial charge in [0.05, 0.1) is 20.1 Å². The second-order valence-electron chi connectivity index (χ2n) is 12.1. The number of carbonyl (C=O) groups is 3. The summed E-state index contributed by atoms with van der Waals surface area (Å²) < 4.78 is 16.5. The van der Waals surface area contributed by atoms with Crippen molar-refractivity contribution in [1.82, 2.24) is 15.1 Å². The number of methoxy groups -OCH3 is 2. The Morgan fingerprint density at radius 2 is 1.73 bits per heavy atom. The van der Waals surface area contributed by atoms with Crippen LogP contribution in [0.25, 0.3) is 0 Å². The molecule has 0 radical (unpaired) electrons. The number of nitrogens with zero attached hydrogens (tertiary/aromatic N) is 2. The Balaban J connectivity index is 1.43. The van der Waals surface area contributed by atoms with Gasteiger partial charge in [-0.15, -0.1) is 0 Å². The summed E-state index contributed by atoms with van der Waals surface area (Å²) in [5.41, 5.74) is 2.13. The number of benzene rings is 2. The van der Waals surface area contributed by atoms with E-state index < -0.39 is 0 Å². The van der Waals surface area contributed by atoms with Crippen molar-refractivity contribution in [3.63, 3.8) is 0 Å². The van der Waals surface area contributed by atoms with Crippen molar-refractivity contribution in [1.29, 1.82) is 0 Å². The van der Waals surface area contributed by atoms with E-state index in [1.807, 2.05) is 47.9 Å². The van der Waals surface area contributed by atoms with Crippen LogP contribution < -0.4 is 20.1 Å². The summed E-state index contributed by atoms with van der Waals surface area (Å²) in [5, 5.41) is 6.31. The molecule has 2 N–H and O–H groups in total. The molecule has 44 heavy (non-hydrogen) atoms. The third-order valence-corrected chi connectivity index (χ3v) is 8.30. The molecular formula is C34H48N4O6. The molecule has 1 saturated heterocycles. The van der Waals surface area contributed by atoms with Crippen molar-refractivity contribution in [2.45, 2.75) is 58.5 Å². The van der Waals surface area contributed by atoms with Gasteiger partial charge in [-0.05, 0) is 74.4 Å². The van der Waals surface area contributed by atoms with Gasteiger partial charge < -0.3 is 34.6 Å². The van der Waals surface area contributed by atoms with Crippen LogP contribution >= 0.6 is 0 Å². The highest BCUT2D eigenvalue weighted by Crippen LogP contribution is 2.32. The minimum atomic E-state index is -0.138. The lowest BCUT2D eigenvalue weighted by Gasteiger charge is -2.34. The van der Waals surface area contributed by atoms with Gasteiger partial charge in [-0.25, -0.2) is 0 Å². The molecule has 2 aromatic carbocycles. The lowest BCUT2D eigenvalue weighted by atomic mass is 9.93. The van der Waals surface area contributed by atoms with Gasteiger partial charge in [0.15, 0.2) is 11.5 Å². The maximum Gasteiger partial charge on any atom is 0.254 e. The van der Waals surface area contributed by atoms with Crippen LogP contribution in [-0.4, -0.2) is 93.2 Å². The first-order valence-corrected chi connectivity index (χ1v) is 15.7. The summed E-state index contributed by atoms with van der Waals surface area (Å²) in [7, 11) is 3.24. The average Bonchev–Trinajstić information content (AvgIpc) is 3.74. The van der Waals surface area contributed by atoms with E-state index in [2.05, 4.69) is 10.6 Å². The van der Waals surface area contributed by atoms with Gasteiger partial charge in [-0.3, -0.25) is 14.4 Å². The molecule has 10 nitrogen and oxygen atoms in total. The highest BCUT2D eigenvalue weighted by molar-refractivity contribution is 5.95. The van der Waals surface area contributed by atoms with E-state index in [1.165, 1.54) is 6.92 Å². The van der Waals surface area contributed by atoms with E-state index in [0.29, 0.717) is 55.5 Å². The zero-order chi connectivity index (χ0) is 31.6. The molecular weight excluding hydrogens is 560 g/mol. The number of ether oxygens (including phenoxy) is 3. The van der Waals surface area contributed by atoms with Crippen LogP contribution in [0.1, 0.15) is 56.0 Å². The zero-order valence-electron chi connectivity index (χ0n) is 26.8. The summed E-state index contributed by atoms with van der Waals surface area (Å²) in [6.07, 6.45) is 3.06. The molecule has 3 amide bonds. The molecule has 10 heteroatoms. The Hall–Kier alpha value is -3.63. The topological polar surface area (TPSA) is 109 Å². The number of hydrogen-bond acceptors (Lipinski definition) is 7. The fraction of sp³-hybridized carbons (Fsp3) is 0.559. The van der Waals surface area contributed by atoms with Crippen molar-refractivity contribution >= 4 is 23.4 Å². The number of hydrogen-bond donors (Lipinski definition) is 2. The van der Waals surface area contributed by atoms with Gasteiger partial charge in [0.25, 0.3) is 5.91 Å². The van der Waals surface area contributed by atoms with Crippen molar-refractivity contribution in [3.05, 3.63) is 53.6 Å². The summed E-state index contributed by atoms with van der Waals surface area (Å²) >= 11 is 0. The quantitative estimate of drug-likeness (QED) is 0.278. The second kappa shape index (κ2) is 15.9. The number of amides is 3. The Labute approximate surface area is 261 Å². The SMILES string of the molecule is COCCCOc1cc(C(=O)N(C[C@@H]2CNC[C@H]2CN(C(=O)Cc2cccc(NC(C)=O)c2)C2CC2)C(C)C)ccc1OC. The lowest BCUT2D eigenvalue weighted by molar-refractivity contribution is -0.131. The molecule has 2 fully saturated rings. The van der Waals surface area contributed by atoms with Crippen molar-refractivity contribution in [2.24, 2.45) is 11.8 Å². The Bertz CT molecular complexity index is 1280. The summed E-state index contributed by atoms with van der Waals surface area (Å²) in [6.45, 7) is 9.46. The Morgan fingerprint density at radius 3 is 2.39 bits per heavy atom. The fourth-order valence-electron chi connectivity index (χ4n) is 5.80. The van der Waals surface area contributed by atoms with Gasteiger partial charge in [0.1, 0.15) is 0 Å². The minimum Gasteiger partial charge on any atom is -0.493 e. The smallest absolute Gasteiger partial charge is 0.254 e. The molecule has 2 atom stereocenters. The third-order valence-electron chi connectivity index (χ3n) is 8.30. The predicted octanol–water partition coefficient (Wildman–Crippen LogP) is 3.99. The molecule has 0 spiro atoms. The molecule has 0 bridgehead atoms. The number of rotatable bonds is 16. The molecule has 0 unspecified atom stereocenters. The van der Waals surface area contributed by atoms with Gasteiger partial charge in [0, 0.05) is 76.6 Å². The number of nitrogens with one attached hydrogen (secondary N) is 2. The van der Waals surface area contributed by atoms with Gasteiger partial charge in [0.2, 0.25) is 11.8 Å². The number of carbonyl (C=O) groups excluding carboxylic acids is 3. The first-order chi connectivity index (χ1) is 21.2. The largest absolute Gasteiger partial charge is 0.493 e. The molecule has 4 rings (SSSR count). The summed E-state index contributed by atoms with van der Waals surface area (Å²) in [5.74, 6) is 1.48. The highest BCUT2D eigenvalue weighted by atomic mass is 16.5. The first kappa shape index (κ1) is 33.3. The normalized spacial score (nSPS) is 17.8. The third kappa shape index (κ3) is 9.19. The zero-order valence-corrected chi connectivity index (χ0v) is 26.8. The summed E-state index contributed by atoms with van der Waals surface area (Å²) in [6, 6.07) is 13.1. The van der Waals surface area contributed by atoms with Gasteiger partial charge in [-0.2, -0.15) is 0 Å². The van der Waals surface area contributed by atoms with Crippen molar-refractivity contribution < 1.29 is 28.6 Å². The van der Waals surface area contributed by atoms with E-state index >= 15 is 0 Å². The summed E-state index contributed by atoms with van der Waals surface area (Å²) in [4.78, 5) is 42.9. The second-order valence-corrected chi connectivity index (χ2v) is 12.1. The van der Waals surface area contributed by atoms with Crippen LogP contribution in [0.5, 0.6) is 11.5 Å². The van der Waals surface area contributed by atoms with E-state index in [4.69, 9.17) is 14.2 Å². The fourth-order valence-corrected chi connectivity index (χ4v) is 5.80. The van der Waals surface area contributed by atoms with E-state index in [-0.39, 0.29) is 41.6 Å². The molecule has 2 aliphatic rings. The minimum absolute atomic E-state index is 0.00558. The Kier molecular flexibility index (Phi) is 12.0. The van der Waals surface area contributed by atoms with Crippen molar-refractivity contribution in [2.75, 3.05) is 58.9 Å². The Morgan fingerprint density at radius 1 is 0.977 bits per heavy atom. The van der Waals surface area contributed by atoms with Crippen LogP contribution in [0.3, 0.4) is 0 Å². The van der Waals surface area contributed by atoms with Crippen LogP contribution in [0.15, 0.2) is 42.5 Å². The van der Waals surface area contributed by atoms with Crippen LogP contribution in [0, 0.1) is 11.8 Å². The highest BCUT2D eigenvalue weighted by Gasteiger charge is 2.38.